The molecule has 2 aromatic rings. The molecule has 2 rings (SSSR count). The first kappa shape index (κ1) is 13.3. The number of H-pyrrole nitrogens is 1. The highest BCUT2D eigenvalue weighted by atomic mass is 35.5. The van der Waals surface area contributed by atoms with Gasteiger partial charge in [-0.1, -0.05) is 17.7 Å². The summed E-state index contributed by atoms with van der Waals surface area (Å²) in [6.07, 6.45) is -4.80. The number of rotatable bonds is 1. The standard InChI is InChI=1S/C10H4ClF3N2O3/c11-6-2-1-4-5(10(12,13)14)3-7(17)15-8(4)9(6)16(18)19/h1-3H,(H,15,17). The molecule has 100 valence electrons. The Labute approximate surface area is 107 Å². The van der Waals surface area contributed by atoms with Crippen molar-refractivity contribution in [2.75, 3.05) is 0 Å². The molecule has 0 spiro atoms. The second-order valence-corrected chi connectivity index (χ2v) is 4.03. The van der Waals surface area contributed by atoms with Crippen LogP contribution in [-0.2, 0) is 6.18 Å². The predicted octanol–water partition coefficient (Wildman–Crippen LogP) is 3.11. The fourth-order valence-electron chi connectivity index (χ4n) is 1.70. The van der Waals surface area contributed by atoms with E-state index in [2.05, 4.69) is 0 Å². The van der Waals surface area contributed by atoms with Gasteiger partial charge in [0.05, 0.1) is 10.5 Å². The molecule has 1 heterocycles. The molecule has 9 heteroatoms. The second kappa shape index (κ2) is 4.23. The summed E-state index contributed by atoms with van der Waals surface area (Å²) in [5, 5.41) is 9.99. The first-order valence-electron chi connectivity index (χ1n) is 4.79. The van der Waals surface area contributed by atoms with Gasteiger partial charge in [0.2, 0.25) is 5.56 Å². The number of benzene rings is 1. The molecular weight excluding hydrogens is 289 g/mol. The van der Waals surface area contributed by atoms with E-state index in [1.807, 2.05) is 4.98 Å². The number of nitrogens with zero attached hydrogens (tertiary/aromatic N) is 1. The fraction of sp³-hybridized carbons (Fsp3) is 0.100. The van der Waals surface area contributed by atoms with Crippen LogP contribution in [0, 0.1) is 10.1 Å². The highest BCUT2D eigenvalue weighted by molar-refractivity contribution is 6.34. The molecule has 5 nitrogen and oxygen atoms in total. The van der Waals surface area contributed by atoms with Crippen molar-refractivity contribution >= 4 is 28.2 Å². The van der Waals surface area contributed by atoms with Gasteiger partial charge in [-0.05, 0) is 6.07 Å². The van der Waals surface area contributed by atoms with Crippen molar-refractivity contribution < 1.29 is 18.1 Å². The zero-order valence-corrected chi connectivity index (χ0v) is 9.67. The van der Waals surface area contributed by atoms with Gasteiger partial charge in [-0.15, -0.1) is 0 Å². The van der Waals surface area contributed by atoms with Gasteiger partial charge in [-0.3, -0.25) is 14.9 Å². The summed E-state index contributed by atoms with van der Waals surface area (Å²) in [4.78, 5) is 23.1. The predicted molar refractivity (Wildman–Crippen MR) is 61.2 cm³/mol. The van der Waals surface area contributed by atoms with E-state index in [0.717, 1.165) is 12.1 Å². The van der Waals surface area contributed by atoms with Crippen molar-refractivity contribution in [3.8, 4) is 0 Å². The lowest BCUT2D eigenvalue weighted by Gasteiger charge is -2.10. The molecular formula is C10H4ClF3N2O3. The summed E-state index contributed by atoms with van der Waals surface area (Å²) in [5.74, 6) is 0. The molecule has 0 aliphatic heterocycles. The van der Waals surface area contributed by atoms with Crippen LogP contribution in [-0.4, -0.2) is 9.91 Å². The van der Waals surface area contributed by atoms with E-state index < -0.39 is 38.8 Å². The quantitative estimate of drug-likeness (QED) is 0.648. The lowest BCUT2D eigenvalue weighted by Crippen LogP contribution is -2.14. The maximum Gasteiger partial charge on any atom is 0.417 e. The van der Waals surface area contributed by atoms with Gasteiger partial charge in [-0.2, -0.15) is 13.2 Å². The van der Waals surface area contributed by atoms with Crippen LogP contribution in [0.1, 0.15) is 5.56 Å². The minimum atomic E-state index is -4.80. The second-order valence-electron chi connectivity index (χ2n) is 3.62. The first-order chi connectivity index (χ1) is 8.71. The molecule has 0 saturated carbocycles. The minimum absolute atomic E-state index is 0.347. The molecule has 19 heavy (non-hydrogen) atoms. The number of nitro groups is 1. The van der Waals surface area contributed by atoms with E-state index in [4.69, 9.17) is 11.6 Å². The Morgan fingerprint density at radius 1 is 1.32 bits per heavy atom. The maximum absolute atomic E-state index is 12.8. The van der Waals surface area contributed by atoms with Gasteiger partial charge < -0.3 is 4.98 Å². The number of hydrogen-bond acceptors (Lipinski definition) is 3. The number of aromatic nitrogens is 1. The molecule has 0 saturated heterocycles. The normalized spacial score (nSPS) is 11.8. The molecule has 0 unspecified atom stereocenters. The lowest BCUT2D eigenvalue weighted by molar-refractivity contribution is -0.383. The third-order valence-electron chi connectivity index (χ3n) is 2.43. The van der Waals surface area contributed by atoms with Gasteiger partial charge in [-0.25, -0.2) is 0 Å². The van der Waals surface area contributed by atoms with Crippen molar-refractivity contribution in [2.45, 2.75) is 6.18 Å². The SMILES string of the molecule is O=c1cc(C(F)(F)F)c2ccc(Cl)c([N+](=O)[O-])c2[nH]1. The molecule has 0 fully saturated rings. The Morgan fingerprint density at radius 2 is 1.95 bits per heavy atom. The van der Waals surface area contributed by atoms with Crippen molar-refractivity contribution in [1.29, 1.82) is 0 Å². The van der Waals surface area contributed by atoms with Gasteiger partial charge in [0.25, 0.3) is 0 Å². The van der Waals surface area contributed by atoms with Crippen molar-refractivity contribution in [1.82, 2.24) is 4.98 Å². The van der Waals surface area contributed by atoms with E-state index in [1.165, 1.54) is 0 Å². The van der Waals surface area contributed by atoms with E-state index in [0.29, 0.717) is 6.07 Å². The molecule has 0 amide bonds. The molecule has 0 aliphatic carbocycles. The first-order valence-corrected chi connectivity index (χ1v) is 5.16. The van der Waals surface area contributed by atoms with Crippen LogP contribution in [0.15, 0.2) is 23.0 Å². The number of halogens is 4. The fourth-order valence-corrected chi connectivity index (χ4v) is 1.92. The van der Waals surface area contributed by atoms with Crippen molar-refractivity contribution in [3.05, 3.63) is 49.3 Å². The van der Waals surface area contributed by atoms with E-state index >= 15 is 0 Å². The summed E-state index contributed by atoms with van der Waals surface area (Å²) in [7, 11) is 0. The number of hydrogen-bond donors (Lipinski definition) is 1. The Balaban J connectivity index is 3.02. The van der Waals surface area contributed by atoms with Gasteiger partial charge in [0.15, 0.2) is 0 Å². The van der Waals surface area contributed by atoms with Crippen LogP contribution in [0.5, 0.6) is 0 Å². The average molecular weight is 293 g/mol. The third kappa shape index (κ3) is 2.26. The smallest absolute Gasteiger partial charge is 0.316 e. The number of aromatic amines is 1. The zero-order valence-electron chi connectivity index (χ0n) is 8.92. The van der Waals surface area contributed by atoms with Crippen LogP contribution in [0.4, 0.5) is 18.9 Å². The molecule has 1 N–H and O–H groups in total. The Morgan fingerprint density at radius 3 is 2.47 bits per heavy atom. The number of nitro benzene ring substituents is 1. The highest BCUT2D eigenvalue weighted by Crippen LogP contribution is 2.38. The Hall–Kier alpha value is -2.09. The largest absolute Gasteiger partial charge is 0.417 e. The number of fused-ring (bicyclic) bond motifs is 1. The highest BCUT2D eigenvalue weighted by Gasteiger charge is 2.35. The van der Waals surface area contributed by atoms with E-state index in [1.54, 1.807) is 0 Å². The number of pyridine rings is 1. The lowest BCUT2D eigenvalue weighted by atomic mass is 10.1. The van der Waals surface area contributed by atoms with Crippen molar-refractivity contribution in [2.24, 2.45) is 0 Å². The summed E-state index contributed by atoms with van der Waals surface area (Å²) >= 11 is 5.57. The molecule has 0 bridgehead atoms. The minimum Gasteiger partial charge on any atom is -0.316 e. The average Bonchev–Trinajstić information content (AvgIpc) is 2.25. The zero-order chi connectivity index (χ0) is 14.4. The summed E-state index contributed by atoms with van der Waals surface area (Å²) in [6, 6.07) is 2.30. The van der Waals surface area contributed by atoms with Crippen LogP contribution in [0.3, 0.4) is 0 Å². The van der Waals surface area contributed by atoms with E-state index in [-0.39, 0.29) is 5.02 Å². The summed E-state index contributed by atoms with van der Waals surface area (Å²) in [6.45, 7) is 0. The molecule has 0 atom stereocenters. The van der Waals surface area contributed by atoms with Crippen LogP contribution in [0.25, 0.3) is 10.9 Å². The van der Waals surface area contributed by atoms with Gasteiger partial charge >= 0.3 is 11.9 Å². The Kier molecular flexibility index (Phi) is 2.97. The van der Waals surface area contributed by atoms with Gasteiger partial charge in [0, 0.05) is 11.5 Å². The van der Waals surface area contributed by atoms with Crippen LogP contribution >= 0.6 is 11.6 Å². The van der Waals surface area contributed by atoms with Crippen LogP contribution in [0.2, 0.25) is 5.02 Å². The molecule has 0 radical (unpaired) electrons. The van der Waals surface area contributed by atoms with Crippen molar-refractivity contribution in [3.63, 3.8) is 0 Å². The topological polar surface area (TPSA) is 76.0 Å². The van der Waals surface area contributed by atoms with E-state index in [9.17, 15) is 28.1 Å². The monoisotopic (exact) mass is 292 g/mol. The maximum atomic E-state index is 12.8. The van der Waals surface area contributed by atoms with Gasteiger partial charge in [0.1, 0.15) is 10.5 Å². The molecule has 1 aromatic carbocycles. The molecule has 0 aliphatic rings. The third-order valence-corrected chi connectivity index (χ3v) is 2.74. The number of alkyl halides is 3. The summed E-state index contributed by atoms with van der Waals surface area (Å²) < 4.78 is 38.3. The Bertz CT molecular complexity index is 739. The number of nitrogens with one attached hydrogen (secondary N) is 1. The summed E-state index contributed by atoms with van der Waals surface area (Å²) in [5.41, 5.74) is -3.64. The molecule has 1 aromatic heterocycles. The van der Waals surface area contributed by atoms with Crippen LogP contribution < -0.4 is 5.56 Å².